The van der Waals surface area contributed by atoms with Crippen molar-refractivity contribution in [1.82, 2.24) is 0 Å². The van der Waals surface area contributed by atoms with Crippen LogP contribution in [0.3, 0.4) is 0 Å². The molecule has 1 fully saturated rings. The lowest BCUT2D eigenvalue weighted by molar-refractivity contribution is -0.124. The Morgan fingerprint density at radius 1 is 1.17 bits per heavy atom. The molecular weight excluding hydrogens is 152 g/mol. The van der Waals surface area contributed by atoms with Crippen molar-refractivity contribution in [3.8, 4) is 0 Å². The van der Waals surface area contributed by atoms with Gasteiger partial charge in [0.05, 0.1) is 17.8 Å². The molecule has 0 unspecified atom stereocenters. The van der Waals surface area contributed by atoms with Crippen molar-refractivity contribution in [3.63, 3.8) is 0 Å². The van der Waals surface area contributed by atoms with Gasteiger partial charge in [-0.05, 0) is 33.6 Å². The van der Waals surface area contributed by atoms with Gasteiger partial charge in [-0.15, -0.1) is 0 Å². The molecule has 1 aliphatic carbocycles. The van der Waals surface area contributed by atoms with Gasteiger partial charge in [0.15, 0.2) is 0 Å². The Labute approximate surface area is 74.9 Å². The molecule has 0 bridgehead atoms. The monoisotopic (exact) mass is 172 g/mol. The molecular formula is C10H20O2. The summed E-state index contributed by atoms with van der Waals surface area (Å²) >= 11 is 0. The van der Waals surface area contributed by atoms with Crippen LogP contribution in [0.4, 0.5) is 0 Å². The topological polar surface area (TPSA) is 29.5 Å². The van der Waals surface area contributed by atoms with E-state index in [1.165, 1.54) is 6.42 Å². The molecule has 0 heterocycles. The molecule has 0 aromatic rings. The number of ether oxygens (including phenoxy) is 1. The number of hydrogen-bond acceptors (Lipinski definition) is 2. The van der Waals surface area contributed by atoms with E-state index < -0.39 is 0 Å². The van der Waals surface area contributed by atoms with E-state index >= 15 is 0 Å². The molecule has 0 spiro atoms. The van der Waals surface area contributed by atoms with Gasteiger partial charge in [0, 0.05) is 0 Å². The summed E-state index contributed by atoms with van der Waals surface area (Å²) in [5.74, 6) is 0. The number of rotatable bonds is 1. The Hall–Kier alpha value is -0.0800. The Kier molecular flexibility index (Phi) is 3.13. The van der Waals surface area contributed by atoms with Crippen LogP contribution in [0.1, 0.15) is 46.5 Å². The van der Waals surface area contributed by atoms with Crippen LogP contribution < -0.4 is 0 Å². The van der Waals surface area contributed by atoms with Crippen molar-refractivity contribution in [2.45, 2.75) is 64.3 Å². The molecule has 0 radical (unpaired) electrons. The van der Waals surface area contributed by atoms with Crippen molar-refractivity contribution in [3.05, 3.63) is 0 Å². The van der Waals surface area contributed by atoms with Gasteiger partial charge in [0.1, 0.15) is 0 Å². The average Bonchev–Trinajstić information content (AvgIpc) is 1.91. The summed E-state index contributed by atoms with van der Waals surface area (Å²) in [6, 6.07) is 0. The van der Waals surface area contributed by atoms with Crippen LogP contribution >= 0.6 is 0 Å². The largest absolute Gasteiger partial charge is 0.390 e. The lowest BCUT2D eigenvalue weighted by Crippen LogP contribution is -2.38. The van der Waals surface area contributed by atoms with Crippen LogP contribution in [-0.4, -0.2) is 22.9 Å². The highest BCUT2D eigenvalue weighted by molar-refractivity contribution is 4.77. The van der Waals surface area contributed by atoms with Crippen LogP contribution in [-0.2, 0) is 4.74 Å². The summed E-state index contributed by atoms with van der Waals surface area (Å²) in [6.45, 7) is 6.11. The zero-order valence-electron chi connectivity index (χ0n) is 8.34. The third-order valence-corrected chi connectivity index (χ3v) is 2.17. The van der Waals surface area contributed by atoms with E-state index in [-0.39, 0.29) is 17.8 Å². The predicted molar refractivity (Wildman–Crippen MR) is 49.1 cm³/mol. The summed E-state index contributed by atoms with van der Waals surface area (Å²) in [4.78, 5) is 0. The first kappa shape index (κ1) is 10.0. The average molecular weight is 172 g/mol. The molecule has 1 aliphatic rings. The minimum atomic E-state index is -0.238. The van der Waals surface area contributed by atoms with Crippen molar-refractivity contribution < 1.29 is 9.84 Å². The molecule has 2 nitrogen and oxygen atoms in total. The first-order valence-electron chi connectivity index (χ1n) is 4.85. The van der Waals surface area contributed by atoms with Gasteiger partial charge < -0.3 is 9.84 Å². The lowest BCUT2D eigenvalue weighted by atomic mass is 9.94. The van der Waals surface area contributed by atoms with Gasteiger partial charge in [0.2, 0.25) is 0 Å². The molecule has 0 saturated heterocycles. The second kappa shape index (κ2) is 3.75. The van der Waals surface area contributed by atoms with Crippen molar-refractivity contribution in [2.75, 3.05) is 0 Å². The summed E-state index contributed by atoms with van der Waals surface area (Å²) in [6.07, 6.45) is 4.08. The summed E-state index contributed by atoms with van der Waals surface area (Å²) < 4.78 is 5.74. The van der Waals surface area contributed by atoms with Gasteiger partial charge >= 0.3 is 0 Å². The maximum Gasteiger partial charge on any atom is 0.0841 e. The van der Waals surface area contributed by atoms with Crippen LogP contribution in [0, 0.1) is 0 Å². The molecule has 2 heteroatoms. The molecule has 2 atom stereocenters. The van der Waals surface area contributed by atoms with Crippen molar-refractivity contribution >= 4 is 0 Å². The zero-order valence-corrected chi connectivity index (χ0v) is 8.34. The number of aliphatic hydroxyl groups excluding tert-OH is 1. The van der Waals surface area contributed by atoms with Crippen LogP contribution in [0.5, 0.6) is 0 Å². The Morgan fingerprint density at radius 3 is 2.25 bits per heavy atom. The first-order valence-corrected chi connectivity index (χ1v) is 4.85. The lowest BCUT2D eigenvalue weighted by Gasteiger charge is -2.33. The normalized spacial score (nSPS) is 32.0. The van der Waals surface area contributed by atoms with Gasteiger partial charge in [-0.1, -0.05) is 12.8 Å². The molecule has 12 heavy (non-hydrogen) atoms. The Bertz CT molecular complexity index is 137. The van der Waals surface area contributed by atoms with Crippen LogP contribution in [0.15, 0.2) is 0 Å². The standard InChI is InChI=1S/C10H20O2/c1-10(2,3)12-9-7-5-4-6-8(9)11/h8-9,11H,4-7H2,1-3H3/t8-,9+/m0/s1. The van der Waals surface area contributed by atoms with Crippen LogP contribution in [0.2, 0.25) is 0 Å². The molecule has 0 aromatic carbocycles. The fraction of sp³-hybridized carbons (Fsp3) is 1.00. The maximum absolute atomic E-state index is 9.61. The van der Waals surface area contributed by atoms with Crippen molar-refractivity contribution in [2.24, 2.45) is 0 Å². The fourth-order valence-electron chi connectivity index (χ4n) is 1.67. The van der Waals surface area contributed by atoms with E-state index in [4.69, 9.17) is 4.74 Å². The van der Waals surface area contributed by atoms with Gasteiger partial charge in [-0.2, -0.15) is 0 Å². The minimum Gasteiger partial charge on any atom is -0.390 e. The summed E-state index contributed by atoms with van der Waals surface area (Å²) in [5.41, 5.74) is -0.122. The molecule has 72 valence electrons. The second-order valence-electron chi connectivity index (χ2n) is 4.62. The summed E-state index contributed by atoms with van der Waals surface area (Å²) in [7, 11) is 0. The Balaban J connectivity index is 2.39. The second-order valence-corrected chi connectivity index (χ2v) is 4.62. The fourth-order valence-corrected chi connectivity index (χ4v) is 1.67. The maximum atomic E-state index is 9.61. The van der Waals surface area contributed by atoms with E-state index in [9.17, 15) is 5.11 Å². The van der Waals surface area contributed by atoms with Gasteiger partial charge in [-0.3, -0.25) is 0 Å². The molecule has 0 aromatic heterocycles. The van der Waals surface area contributed by atoms with Crippen molar-refractivity contribution in [1.29, 1.82) is 0 Å². The highest BCUT2D eigenvalue weighted by Crippen LogP contribution is 2.24. The van der Waals surface area contributed by atoms with Gasteiger partial charge in [0.25, 0.3) is 0 Å². The number of aliphatic hydroxyl groups is 1. The van der Waals surface area contributed by atoms with E-state index in [0.717, 1.165) is 19.3 Å². The quantitative estimate of drug-likeness (QED) is 0.656. The predicted octanol–water partition coefficient (Wildman–Crippen LogP) is 2.11. The Morgan fingerprint density at radius 2 is 1.75 bits per heavy atom. The van der Waals surface area contributed by atoms with Crippen LogP contribution in [0.25, 0.3) is 0 Å². The van der Waals surface area contributed by atoms with Gasteiger partial charge in [-0.25, -0.2) is 0 Å². The summed E-state index contributed by atoms with van der Waals surface area (Å²) in [5, 5.41) is 9.61. The third kappa shape index (κ3) is 3.11. The highest BCUT2D eigenvalue weighted by Gasteiger charge is 2.27. The van der Waals surface area contributed by atoms with E-state index in [1.807, 2.05) is 20.8 Å². The highest BCUT2D eigenvalue weighted by atomic mass is 16.5. The van der Waals surface area contributed by atoms with E-state index in [0.29, 0.717) is 0 Å². The number of hydrogen-bond donors (Lipinski definition) is 1. The van der Waals surface area contributed by atoms with E-state index in [2.05, 4.69) is 0 Å². The minimum absolute atomic E-state index is 0.0683. The first-order chi connectivity index (χ1) is 5.49. The molecule has 1 rings (SSSR count). The molecule has 0 aliphatic heterocycles. The molecule has 1 saturated carbocycles. The third-order valence-electron chi connectivity index (χ3n) is 2.17. The SMILES string of the molecule is CC(C)(C)O[C@@H]1CCCC[C@@H]1O. The molecule has 1 N–H and O–H groups in total. The smallest absolute Gasteiger partial charge is 0.0841 e. The molecule has 0 amide bonds. The van der Waals surface area contributed by atoms with E-state index in [1.54, 1.807) is 0 Å². The zero-order chi connectivity index (χ0) is 9.19.